The normalized spacial score (nSPS) is 16.6. The Kier molecular flexibility index (Phi) is 2.56. The minimum absolute atomic E-state index is 0.0195. The van der Waals surface area contributed by atoms with Crippen molar-refractivity contribution in [3.63, 3.8) is 0 Å². The quantitative estimate of drug-likeness (QED) is 0.847. The zero-order chi connectivity index (χ0) is 13.6. The van der Waals surface area contributed by atoms with E-state index in [1.54, 1.807) is 10.7 Å². The van der Waals surface area contributed by atoms with Gasteiger partial charge in [-0.2, -0.15) is 5.10 Å². The molecule has 2 aromatic rings. The van der Waals surface area contributed by atoms with Gasteiger partial charge in [-0.25, -0.2) is 9.50 Å². The van der Waals surface area contributed by atoms with Gasteiger partial charge in [-0.3, -0.25) is 4.79 Å². The lowest BCUT2D eigenvalue weighted by Crippen LogP contribution is -2.40. The Hall–Kier alpha value is -1.95. The van der Waals surface area contributed by atoms with Crippen LogP contribution in [0.1, 0.15) is 34.6 Å². The van der Waals surface area contributed by atoms with E-state index in [1.807, 2.05) is 19.9 Å². The van der Waals surface area contributed by atoms with E-state index < -0.39 is 5.54 Å². The molecule has 0 bridgehead atoms. The number of hydrogen-bond donors (Lipinski definition) is 2. The van der Waals surface area contributed by atoms with Gasteiger partial charge < -0.3 is 10.4 Å². The summed E-state index contributed by atoms with van der Waals surface area (Å²) in [6, 6.07) is 1.87. The number of carbonyl (C=O) groups excluding carboxylic acids is 1. The highest BCUT2D eigenvalue weighted by atomic mass is 16.3. The molecule has 2 N–H and O–H groups in total. The number of aromatic nitrogens is 3. The van der Waals surface area contributed by atoms with Crippen LogP contribution in [-0.4, -0.2) is 37.8 Å². The molecule has 19 heavy (non-hydrogen) atoms. The van der Waals surface area contributed by atoms with Crippen molar-refractivity contribution in [2.24, 2.45) is 0 Å². The lowest BCUT2D eigenvalue weighted by molar-refractivity contribution is 0.0905. The number of aliphatic hydroxyl groups excluding tert-OH is 1. The standard InChI is InChI=1S/C13H16N4O2/c1-8-5-11-14-6-10(9(2)17(11)16-8)12(19)15-13(7-18)3-4-13/h5-6,18H,3-4,7H2,1-2H3,(H,15,19). The van der Waals surface area contributed by atoms with Gasteiger partial charge in [0, 0.05) is 12.3 Å². The Morgan fingerprint density at radius 3 is 2.89 bits per heavy atom. The first-order valence-electron chi connectivity index (χ1n) is 6.30. The van der Waals surface area contributed by atoms with Crippen LogP contribution in [0.5, 0.6) is 0 Å². The third kappa shape index (κ3) is 1.98. The average molecular weight is 260 g/mol. The monoisotopic (exact) mass is 260 g/mol. The number of nitrogens with one attached hydrogen (secondary N) is 1. The summed E-state index contributed by atoms with van der Waals surface area (Å²) in [5.74, 6) is -0.202. The van der Waals surface area contributed by atoms with Gasteiger partial charge in [0.2, 0.25) is 0 Å². The number of fused-ring (bicyclic) bond motifs is 1. The van der Waals surface area contributed by atoms with Gasteiger partial charge in [0.15, 0.2) is 5.65 Å². The lowest BCUT2D eigenvalue weighted by atomic mass is 10.2. The summed E-state index contributed by atoms with van der Waals surface area (Å²) in [5.41, 5.74) is 2.43. The van der Waals surface area contributed by atoms with Crippen molar-refractivity contribution in [2.75, 3.05) is 6.61 Å². The first kappa shape index (κ1) is 12.1. The van der Waals surface area contributed by atoms with Crippen molar-refractivity contribution in [1.82, 2.24) is 19.9 Å². The van der Waals surface area contributed by atoms with Crippen LogP contribution in [0.15, 0.2) is 12.3 Å². The van der Waals surface area contributed by atoms with E-state index >= 15 is 0 Å². The van der Waals surface area contributed by atoms with Crippen LogP contribution in [-0.2, 0) is 0 Å². The Balaban J connectivity index is 1.96. The molecule has 2 aromatic heterocycles. The number of hydrogen-bond acceptors (Lipinski definition) is 4. The molecular weight excluding hydrogens is 244 g/mol. The van der Waals surface area contributed by atoms with Gasteiger partial charge in [0.1, 0.15) is 0 Å². The minimum Gasteiger partial charge on any atom is -0.394 e. The summed E-state index contributed by atoms with van der Waals surface area (Å²) in [7, 11) is 0. The second kappa shape index (κ2) is 4.03. The number of aliphatic hydroxyl groups is 1. The molecular formula is C13H16N4O2. The van der Waals surface area contributed by atoms with Crippen LogP contribution in [0.4, 0.5) is 0 Å². The second-order valence-corrected chi connectivity index (χ2v) is 5.21. The molecule has 1 fully saturated rings. The Labute approximate surface area is 110 Å². The zero-order valence-corrected chi connectivity index (χ0v) is 11.0. The number of amides is 1. The fourth-order valence-electron chi connectivity index (χ4n) is 2.17. The molecule has 1 aliphatic carbocycles. The lowest BCUT2D eigenvalue weighted by Gasteiger charge is -2.15. The van der Waals surface area contributed by atoms with E-state index in [4.69, 9.17) is 0 Å². The minimum atomic E-state index is -0.418. The predicted octanol–water partition coefficient (Wildman–Crippen LogP) is 0.601. The second-order valence-electron chi connectivity index (χ2n) is 5.21. The van der Waals surface area contributed by atoms with Crippen LogP contribution in [0.2, 0.25) is 0 Å². The number of nitrogens with zero attached hydrogens (tertiary/aromatic N) is 3. The largest absolute Gasteiger partial charge is 0.394 e. The molecule has 0 radical (unpaired) electrons. The smallest absolute Gasteiger partial charge is 0.255 e. The predicted molar refractivity (Wildman–Crippen MR) is 69.0 cm³/mol. The van der Waals surface area contributed by atoms with Crippen molar-refractivity contribution in [1.29, 1.82) is 0 Å². The summed E-state index contributed by atoms with van der Waals surface area (Å²) in [6.45, 7) is 3.71. The van der Waals surface area contributed by atoms with E-state index in [0.717, 1.165) is 29.9 Å². The molecule has 1 aliphatic rings. The van der Waals surface area contributed by atoms with Crippen LogP contribution in [0.3, 0.4) is 0 Å². The topological polar surface area (TPSA) is 79.5 Å². The molecule has 0 atom stereocenters. The van der Waals surface area contributed by atoms with Gasteiger partial charge in [-0.05, 0) is 26.7 Å². The molecule has 0 aliphatic heterocycles. The summed E-state index contributed by atoms with van der Waals surface area (Å²) >= 11 is 0. The zero-order valence-electron chi connectivity index (χ0n) is 11.0. The molecule has 2 heterocycles. The van der Waals surface area contributed by atoms with Crippen molar-refractivity contribution in [2.45, 2.75) is 32.2 Å². The van der Waals surface area contributed by atoms with Gasteiger partial charge >= 0.3 is 0 Å². The third-order valence-electron chi connectivity index (χ3n) is 3.63. The Morgan fingerprint density at radius 2 is 2.26 bits per heavy atom. The van der Waals surface area contributed by atoms with E-state index in [1.165, 1.54) is 0 Å². The fourth-order valence-corrected chi connectivity index (χ4v) is 2.17. The molecule has 3 rings (SSSR count). The molecule has 0 saturated heterocycles. The van der Waals surface area contributed by atoms with E-state index in [0.29, 0.717) is 5.56 Å². The summed E-state index contributed by atoms with van der Waals surface area (Å²) in [5, 5.41) is 16.4. The molecule has 0 aromatic carbocycles. The van der Waals surface area contributed by atoms with Crippen LogP contribution < -0.4 is 5.32 Å². The van der Waals surface area contributed by atoms with Crippen LogP contribution in [0, 0.1) is 13.8 Å². The van der Waals surface area contributed by atoms with Crippen LogP contribution >= 0.6 is 0 Å². The maximum atomic E-state index is 12.2. The Bertz CT molecular complexity index is 658. The number of aryl methyl sites for hydroxylation is 2. The van der Waals surface area contributed by atoms with Crippen molar-refractivity contribution < 1.29 is 9.90 Å². The summed E-state index contributed by atoms with van der Waals surface area (Å²) in [6.07, 6.45) is 3.21. The summed E-state index contributed by atoms with van der Waals surface area (Å²) < 4.78 is 1.67. The molecule has 6 heteroatoms. The molecule has 0 unspecified atom stereocenters. The van der Waals surface area contributed by atoms with Crippen molar-refractivity contribution in [3.05, 3.63) is 29.2 Å². The molecule has 6 nitrogen and oxygen atoms in total. The average Bonchev–Trinajstić information content (AvgIpc) is 3.03. The summed E-state index contributed by atoms with van der Waals surface area (Å²) in [4.78, 5) is 16.5. The highest BCUT2D eigenvalue weighted by Gasteiger charge is 2.43. The van der Waals surface area contributed by atoms with Crippen LogP contribution in [0.25, 0.3) is 5.65 Å². The maximum Gasteiger partial charge on any atom is 0.255 e. The van der Waals surface area contributed by atoms with E-state index in [9.17, 15) is 9.90 Å². The first-order valence-corrected chi connectivity index (χ1v) is 6.30. The highest BCUT2D eigenvalue weighted by molar-refractivity contribution is 5.95. The first-order chi connectivity index (χ1) is 9.04. The van der Waals surface area contributed by atoms with E-state index in [-0.39, 0.29) is 12.5 Å². The Morgan fingerprint density at radius 1 is 1.53 bits per heavy atom. The number of carbonyl (C=O) groups is 1. The SMILES string of the molecule is Cc1cc2ncc(C(=O)NC3(CO)CC3)c(C)n2n1. The maximum absolute atomic E-state index is 12.2. The number of rotatable bonds is 3. The van der Waals surface area contributed by atoms with Gasteiger partial charge in [-0.1, -0.05) is 0 Å². The molecule has 100 valence electrons. The van der Waals surface area contributed by atoms with Crippen molar-refractivity contribution in [3.8, 4) is 0 Å². The molecule has 1 saturated carbocycles. The molecule has 1 amide bonds. The van der Waals surface area contributed by atoms with Crippen molar-refractivity contribution >= 4 is 11.6 Å². The fraction of sp³-hybridized carbons (Fsp3) is 0.462. The van der Waals surface area contributed by atoms with Gasteiger partial charge in [0.05, 0.1) is 29.1 Å². The molecule has 0 spiro atoms. The third-order valence-corrected chi connectivity index (χ3v) is 3.63. The van der Waals surface area contributed by atoms with Gasteiger partial charge in [0.25, 0.3) is 5.91 Å². The van der Waals surface area contributed by atoms with E-state index in [2.05, 4.69) is 15.4 Å². The van der Waals surface area contributed by atoms with Gasteiger partial charge in [-0.15, -0.1) is 0 Å². The highest BCUT2D eigenvalue weighted by Crippen LogP contribution is 2.34.